The van der Waals surface area contributed by atoms with E-state index < -0.39 is 6.10 Å². The molecule has 0 aromatic rings. The van der Waals surface area contributed by atoms with Crippen LogP contribution in [0.3, 0.4) is 0 Å². The van der Waals surface area contributed by atoms with Crippen LogP contribution < -0.4 is 0 Å². The molecule has 0 rings (SSSR count). The lowest BCUT2D eigenvalue weighted by Crippen LogP contribution is -2.30. The van der Waals surface area contributed by atoms with Crippen molar-refractivity contribution in [3.05, 3.63) is 122 Å². The van der Waals surface area contributed by atoms with Gasteiger partial charge in [-0.05, 0) is 109 Å². The largest absolute Gasteiger partial charge is 0.462 e. The molecule has 0 aromatic heterocycles. The minimum atomic E-state index is -0.813. The lowest BCUT2D eigenvalue weighted by Gasteiger charge is -2.18. The van der Waals surface area contributed by atoms with Gasteiger partial charge in [-0.25, -0.2) is 0 Å². The van der Waals surface area contributed by atoms with Gasteiger partial charge in [0.2, 0.25) is 0 Å². The first-order valence-electron chi connectivity index (χ1n) is 35.0. The van der Waals surface area contributed by atoms with Gasteiger partial charge in [0.1, 0.15) is 13.2 Å². The van der Waals surface area contributed by atoms with E-state index >= 15 is 0 Å². The summed E-state index contributed by atoms with van der Waals surface area (Å²) < 4.78 is 16.9. The van der Waals surface area contributed by atoms with Gasteiger partial charge in [-0.3, -0.25) is 14.4 Å². The molecule has 0 aromatic carbocycles. The van der Waals surface area contributed by atoms with Crippen LogP contribution in [0.5, 0.6) is 0 Å². The van der Waals surface area contributed by atoms with E-state index in [1.165, 1.54) is 154 Å². The van der Waals surface area contributed by atoms with Crippen LogP contribution in [0.2, 0.25) is 0 Å². The zero-order valence-corrected chi connectivity index (χ0v) is 54.4. The third-order valence-corrected chi connectivity index (χ3v) is 15.0. The predicted molar refractivity (Wildman–Crippen MR) is 362 cm³/mol. The van der Waals surface area contributed by atoms with Gasteiger partial charge in [0, 0.05) is 19.3 Å². The van der Waals surface area contributed by atoms with E-state index in [4.69, 9.17) is 14.2 Å². The summed E-state index contributed by atoms with van der Waals surface area (Å²) in [4.78, 5) is 38.4. The minimum absolute atomic E-state index is 0.102. The normalized spacial score (nSPS) is 12.9. The van der Waals surface area contributed by atoms with Gasteiger partial charge in [0.25, 0.3) is 0 Å². The fraction of sp³-hybridized carbons (Fsp3) is 0.701. The number of ether oxygens (including phenoxy) is 3. The zero-order chi connectivity index (χ0) is 59.9. The number of allylic oxidation sites excluding steroid dienone is 20. The molecule has 0 aliphatic rings. The van der Waals surface area contributed by atoms with Crippen molar-refractivity contribution in [1.82, 2.24) is 0 Å². The van der Waals surface area contributed by atoms with Crippen LogP contribution in [0, 0.1) is 0 Å². The van der Waals surface area contributed by atoms with E-state index in [9.17, 15) is 14.4 Å². The first-order valence-corrected chi connectivity index (χ1v) is 35.0. The molecule has 6 nitrogen and oxygen atoms in total. The first-order chi connectivity index (χ1) is 41.0. The highest BCUT2D eigenvalue weighted by Gasteiger charge is 2.19. The van der Waals surface area contributed by atoms with E-state index in [1.807, 2.05) is 0 Å². The number of rotatable bonds is 63. The van der Waals surface area contributed by atoms with Crippen LogP contribution in [-0.2, 0) is 28.6 Å². The maximum atomic E-state index is 12.9. The molecule has 0 heterocycles. The second kappa shape index (κ2) is 70.3. The van der Waals surface area contributed by atoms with E-state index in [1.54, 1.807) is 0 Å². The summed E-state index contributed by atoms with van der Waals surface area (Å²) in [5, 5.41) is 0. The Morgan fingerprint density at radius 2 is 0.470 bits per heavy atom. The fourth-order valence-corrected chi connectivity index (χ4v) is 9.79. The summed E-state index contributed by atoms with van der Waals surface area (Å²) in [7, 11) is 0. The van der Waals surface area contributed by atoms with E-state index in [0.29, 0.717) is 12.8 Å². The highest BCUT2D eigenvalue weighted by atomic mass is 16.6. The average Bonchev–Trinajstić information content (AvgIpc) is 3.49. The van der Waals surface area contributed by atoms with Gasteiger partial charge in [-0.2, -0.15) is 0 Å². The van der Waals surface area contributed by atoms with Gasteiger partial charge >= 0.3 is 17.9 Å². The molecule has 1 unspecified atom stereocenters. The molecule has 0 saturated carbocycles. The van der Waals surface area contributed by atoms with Crippen molar-refractivity contribution in [2.45, 2.75) is 335 Å². The molecule has 0 radical (unpaired) electrons. The Morgan fingerprint density at radius 3 is 0.759 bits per heavy atom. The Balaban J connectivity index is 4.37. The van der Waals surface area contributed by atoms with Crippen molar-refractivity contribution < 1.29 is 28.6 Å². The van der Waals surface area contributed by atoms with Crippen molar-refractivity contribution in [2.75, 3.05) is 13.2 Å². The number of carbonyl (C=O) groups excluding carboxylic acids is 3. The van der Waals surface area contributed by atoms with Gasteiger partial charge < -0.3 is 14.2 Å². The molecule has 0 saturated heterocycles. The molecular weight excluding hydrogens is 1020 g/mol. The first kappa shape index (κ1) is 78.8. The van der Waals surface area contributed by atoms with Gasteiger partial charge in [-0.1, -0.05) is 322 Å². The van der Waals surface area contributed by atoms with Gasteiger partial charge in [0.05, 0.1) is 0 Å². The summed E-state index contributed by atoms with van der Waals surface area (Å²) in [5.41, 5.74) is 0. The Hall–Kier alpha value is -4.19. The molecule has 0 amide bonds. The van der Waals surface area contributed by atoms with Gasteiger partial charge in [-0.15, -0.1) is 0 Å². The molecule has 0 fully saturated rings. The lowest BCUT2D eigenvalue weighted by molar-refractivity contribution is -0.167. The predicted octanol–water partition coefficient (Wildman–Crippen LogP) is 24.3. The second-order valence-corrected chi connectivity index (χ2v) is 23.0. The highest BCUT2D eigenvalue weighted by molar-refractivity contribution is 5.71. The highest BCUT2D eigenvalue weighted by Crippen LogP contribution is 2.17. The molecule has 0 aliphatic heterocycles. The molecule has 474 valence electrons. The third kappa shape index (κ3) is 68.5. The van der Waals surface area contributed by atoms with E-state index in [0.717, 1.165) is 135 Å². The molecule has 6 heteroatoms. The van der Waals surface area contributed by atoms with Crippen LogP contribution in [0.1, 0.15) is 329 Å². The molecule has 0 bridgehead atoms. The molecule has 0 N–H and O–H groups in total. The van der Waals surface area contributed by atoms with Crippen LogP contribution in [0.15, 0.2) is 122 Å². The number of hydrogen-bond donors (Lipinski definition) is 0. The minimum Gasteiger partial charge on any atom is -0.462 e. The Bertz CT molecular complexity index is 1700. The Kier molecular flexibility index (Phi) is 66.7. The maximum Gasteiger partial charge on any atom is 0.306 e. The second-order valence-electron chi connectivity index (χ2n) is 23.0. The molecular formula is C77H130O6. The van der Waals surface area contributed by atoms with Crippen LogP contribution >= 0.6 is 0 Å². The lowest BCUT2D eigenvalue weighted by atomic mass is 10.0. The monoisotopic (exact) mass is 1150 g/mol. The topological polar surface area (TPSA) is 78.9 Å². The fourth-order valence-electron chi connectivity index (χ4n) is 9.79. The smallest absolute Gasteiger partial charge is 0.306 e. The van der Waals surface area contributed by atoms with Crippen molar-refractivity contribution in [2.24, 2.45) is 0 Å². The SMILES string of the molecule is CC/C=C\C/C=C\C/C=C\C/C=C\C/C=C\C/C=C\CCCCCCC(=O)OC(COC(=O)CCCC/C=C\C/C=C\C/C=C\C/C=C\CC)COC(=O)CCCCCCCCCCCCCCCCCCCCCCCCCCCCC. The maximum absolute atomic E-state index is 12.9. The summed E-state index contributed by atoms with van der Waals surface area (Å²) in [6.45, 7) is 6.39. The third-order valence-electron chi connectivity index (χ3n) is 15.0. The average molecular weight is 1150 g/mol. The van der Waals surface area contributed by atoms with Crippen LogP contribution in [-0.4, -0.2) is 37.2 Å². The molecule has 1 atom stereocenters. The van der Waals surface area contributed by atoms with Crippen LogP contribution in [0.25, 0.3) is 0 Å². The molecule has 83 heavy (non-hydrogen) atoms. The number of hydrogen-bond acceptors (Lipinski definition) is 6. The molecule has 0 aliphatic carbocycles. The number of unbranched alkanes of at least 4 members (excludes halogenated alkanes) is 32. The summed E-state index contributed by atoms with van der Waals surface area (Å²) >= 11 is 0. The van der Waals surface area contributed by atoms with E-state index in [-0.39, 0.29) is 37.5 Å². The number of carbonyl (C=O) groups is 3. The quantitative estimate of drug-likeness (QED) is 0.0261. The standard InChI is InChI=1S/C77H130O6/c1-4-7-10-13-16-19-22-25-28-30-32-34-36-37-38-39-41-42-44-46-49-52-55-58-61-64-67-70-76(79)82-73-74(72-81-75(78)69-66-63-60-57-54-51-48-27-24-21-18-15-12-9-6-3)83-77(80)71-68-65-62-59-56-53-50-47-45-43-40-35-33-31-29-26-23-20-17-14-11-8-5-2/h8-9,11-12,17-18,20-21,26-27,29,33,35,43,45,48,50,53-54,57,74H,4-7,10,13-16,19,22-25,28,30-32,34,36-42,44,46-47,49,51-52,55-56,58-73H2,1-3H3/b11-8-,12-9-,20-17-,21-18-,29-26-,35-33-,45-43-,48-27-,53-50-,57-54-. The molecule has 0 spiro atoms. The van der Waals surface area contributed by atoms with Crippen molar-refractivity contribution in [3.63, 3.8) is 0 Å². The Labute approximate surface area is 513 Å². The van der Waals surface area contributed by atoms with E-state index in [2.05, 4.69) is 142 Å². The van der Waals surface area contributed by atoms with Crippen molar-refractivity contribution in [1.29, 1.82) is 0 Å². The van der Waals surface area contributed by atoms with Gasteiger partial charge in [0.15, 0.2) is 6.10 Å². The Morgan fingerprint density at radius 1 is 0.253 bits per heavy atom. The number of esters is 3. The van der Waals surface area contributed by atoms with Crippen molar-refractivity contribution in [3.8, 4) is 0 Å². The summed E-state index contributed by atoms with van der Waals surface area (Å²) in [6.07, 6.45) is 98.1. The summed E-state index contributed by atoms with van der Waals surface area (Å²) in [5.74, 6) is -0.961. The zero-order valence-electron chi connectivity index (χ0n) is 54.4. The van der Waals surface area contributed by atoms with Crippen molar-refractivity contribution >= 4 is 17.9 Å². The van der Waals surface area contributed by atoms with Crippen LogP contribution in [0.4, 0.5) is 0 Å². The summed E-state index contributed by atoms with van der Waals surface area (Å²) in [6, 6.07) is 0.